The largest absolute Gasteiger partial charge is 0.490 e. The molecule has 3 aromatic carbocycles. The van der Waals surface area contributed by atoms with E-state index in [1.54, 1.807) is 6.21 Å². The summed E-state index contributed by atoms with van der Waals surface area (Å²) in [6.07, 6.45) is 1.75. The molecule has 0 aromatic heterocycles. The summed E-state index contributed by atoms with van der Waals surface area (Å²) in [5, 5.41) is 5.02. The van der Waals surface area contributed by atoms with Gasteiger partial charge in [-0.05, 0) is 63.8 Å². The molecule has 0 aliphatic heterocycles. The van der Waals surface area contributed by atoms with Crippen LogP contribution < -0.4 is 14.9 Å². The Morgan fingerprint density at radius 2 is 1.76 bits per heavy atom. The molecule has 150 valence electrons. The predicted molar refractivity (Wildman–Crippen MR) is 122 cm³/mol. The fourth-order valence-corrected chi connectivity index (χ4v) is 3.35. The van der Waals surface area contributed by atoms with E-state index in [1.165, 1.54) is 0 Å². The van der Waals surface area contributed by atoms with Crippen molar-refractivity contribution in [2.24, 2.45) is 5.10 Å². The van der Waals surface area contributed by atoms with Gasteiger partial charge in [0.05, 0.1) is 23.8 Å². The first kappa shape index (κ1) is 21.2. The monoisotopic (exact) mass is 472 g/mol. The summed E-state index contributed by atoms with van der Waals surface area (Å²) in [5.74, 6) is 1.36. The zero-order chi connectivity index (χ0) is 20.5. The normalized spacial score (nSPS) is 10.9. The Hall–Kier alpha value is -2.50. The van der Waals surface area contributed by atoms with Gasteiger partial charge < -0.3 is 14.9 Å². The molecule has 0 bridgehead atoms. The van der Waals surface area contributed by atoms with Crippen LogP contribution in [0.3, 0.4) is 0 Å². The summed E-state index contributed by atoms with van der Waals surface area (Å²) in [5.41, 5.74) is 6.14. The number of hydrazone groups is 1. The molecule has 0 aliphatic carbocycles. The van der Waals surface area contributed by atoms with Crippen LogP contribution in [0.4, 0.5) is 0 Å². The standard InChI is InChI=1S/C23H22BrClN2O2/c1-2-28-22-13-19(15-27-26-14-17-8-10-20(25)11-9-17)12-21(24)23(22)29-16-18-6-4-3-5-7-18/h3-13,15,26H,2,14,16H2,1H3/b27-15-. The van der Waals surface area contributed by atoms with E-state index in [2.05, 4.69) is 26.5 Å². The fraction of sp³-hybridized carbons (Fsp3) is 0.174. The summed E-state index contributed by atoms with van der Waals surface area (Å²) in [7, 11) is 0. The van der Waals surface area contributed by atoms with Gasteiger partial charge in [0.1, 0.15) is 6.61 Å². The molecule has 0 fully saturated rings. The molecule has 0 atom stereocenters. The third kappa shape index (κ3) is 6.51. The second kappa shape index (κ2) is 10.9. The van der Waals surface area contributed by atoms with Gasteiger partial charge in [-0.3, -0.25) is 0 Å². The molecule has 0 amide bonds. The number of nitrogens with zero attached hydrogens (tertiary/aromatic N) is 1. The van der Waals surface area contributed by atoms with E-state index in [1.807, 2.05) is 73.7 Å². The van der Waals surface area contributed by atoms with Crippen LogP contribution in [0.1, 0.15) is 23.6 Å². The Morgan fingerprint density at radius 1 is 1.00 bits per heavy atom. The fourth-order valence-electron chi connectivity index (χ4n) is 2.65. The minimum Gasteiger partial charge on any atom is -0.490 e. The molecule has 6 heteroatoms. The van der Waals surface area contributed by atoms with Crippen molar-refractivity contribution in [3.63, 3.8) is 0 Å². The third-order valence-corrected chi connectivity index (χ3v) is 4.90. The topological polar surface area (TPSA) is 42.8 Å². The molecule has 29 heavy (non-hydrogen) atoms. The van der Waals surface area contributed by atoms with Gasteiger partial charge in [0.25, 0.3) is 0 Å². The first-order valence-corrected chi connectivity index (χ1v) is 10.5. The number of rotatable bonds is 9. The van der Waals surface area contributed by atoms with Crippen LogP contribution in [0.25, 0.3) is 0 Å². The first-order chi connectivity index (χ1) is 14.2. The van der Waals surface area contributed by atoms with Crippen molar-refractivity contribution in [1.29, 1.82) is 0 Å². The van der Waals surface area contributed by atoms with Crippen molar-refractivity contribution in [3.8, 4) is 11.5 Å². The Labute approximate surface area is 184 Å². The second-order valence-corrected chi connectivity index (χ2v) is 7.55. The quantitative estimate of drug-likeness (QED) is 0.297. The van der Waals surface area contributed by atoms with Crippen molar-refractivity contribution in [3.05, 3.63) is 92.9 Å². The van der Waals surface area contributed by atoms with E-state index in [4.69, 9.17) is 21.1 Å². The van der Waals surface area contributed by atoms with Gasteiger partial charge in [-0.1, -0.05) is 54.1 Å². The molecule has 1 N–H and O–H groups in total. The van der Waals surface area contributed by atoms with Gasteiger partial charge in [-0.25, -0.2) is 0 Å². The summed E-state index contributed by atoms with van der Waals surface area (Å²) in [6, 6.07) is 21.6. The maximum absolute atomic E-state index is 6.01. The van der Waals surface area contributed by atoms with Crippen LogP contribution in [0.5, 0.6) is 11.5 Å². The Morgan fingerprint density at radius 3 is 2.48 bits per heavy atom. The summed E-state index contributed by atoms with van der Waals surface area (Å²) < 4.78 is 12.6. The maximum Gasteiger partial charge on any atom is 0.175 e. The van der Waals surface area contributed by atoms with Gasteiger partial charge in [-0.2, -0.15) is 5.10 Å². The van der Waals surface area contributed by atoms with Crippen LogP contribution in [0.2, 0.25) is 5.02 Å². The molecule has 4 nitrogen and oxygen atoms in total. The maximum atomic E-state index is 6.01. The molecule has 0 unspecified atom stereocenters. The zero-order valence-electron chi connectivity index (χ0n) is 16.1. The SMILES string of the molecule is CCOc1cc(/C=N\NCc2ccc(Cl)cc2)cc(Br)c1OCc1ccccc1. The van der Waals surface area contributed by atoms with Crippen LogP contribution in [-0.4, -0.2) is 12.8 Å². The Kier molecular flexibility index (Phi) is 7.96. The van der Waals surface area contributed by atoms with Crippen LogP contribution in [0, 0.1) is 0 Å². The number of halogens is 2. The molecule has 0 spiro atoms. The molecule has 0 heterocycles. The van der Waals surface area contributed by atoms with E-state index >= 15 is 0 Å². The smallest absolute Gasteiger partial charge is 0.175 e. The lowest BCUT2D eigenvalue weighted by Crippen LogP contribution is -2.06. The minimum atomic E-state index is 0.468. The molecular weight excluding hydrogens is 452 g/mol. The van der Waals surface area contributed by atoms with Crippen molar-refractivity contribution in [2.75, 3.05) is 6.61 Å². The van der Waals surface area contributed by atoms with Crippen molar-refractivity contribution in [2.45, 2.75) is 20.1 Å². The summed E-state index contributed by atoms with van der Waals surface area (Å²) >= 11 is 9.50. The number of benzene rings is 3. The second-order valence-electron chi connectivity index (χ2n) is 6.26. The molecular formula is C23H22BrClN2O2. The number of nitrogens with one attached hydrogen (secondary N) is 1. The number of ether oxygens (including phenoxy) is 2. The predicted octanol–water partition coefficient (Wildman–Crippen LogP) is 6.20. The van der Waals surface area contributed by atoms with Gasteiger partial charge in [0.15, 0.2) is 11.5 Å². The average molecular weight is 474 g/mol. The molecule has 3 rings (SSSR count). The lowest BCUT2D eigenvalue weighted by atomic mass is 10.2. The van der Waals surface area contributed by atoms with Gasteiger partial charge in [0, 0.05) is 5.02 Å². The highest BCUT2D eigenvalue weighted by Gasteiger charge is 2.12. The zero-order valence-corrected chi connectivity index (χ0v) is 18.4. The van der Waals surface area contributed by atoms with Crippen LogP contribution >= 0.6 is 27.5 Å². The highest BCUT2D eigenvalue weighted by molar-refractivity contribution is 9.10. The van der Waals surface area contributed by atoms with Gasteiger partial charge in [0.2, 0.25) is 0 Å². The summed E-state index contributed by atoms with van der Waals surface area (Å²) in [6.45, 7) is 3.58. The van der Waals surface area contributed by atoms with E-state index in [-0.39, 0.29) is 0 Å². The third-order valence-electron chi connectivity index (χ3n) is 4.06. The molecule has 0 saturated heterocycles. The minimum absolute atomic E-state index is 0.468. The molecule has 3 aromatic rings. The molecule has 0 radical (unpaired) electrons. The van der Waals surface area contributed by atoms with Crippen molar-refractivity contribution in [1.82, 2.24) is 5.43 Å². The van der Waals surface area contributed by atoms with Crippen molar-refractivity contribution < 1.29 is 9.47 Å². The van der Waals surface area contributed by atoms with E-state index in [9.17, 15) is 0 Å². The Balaban J connectivity index is 1.66. The average Bonchev–Trinajstić information content (AvgIpc) is 2.73. The lowest BCUT2D eigenvalue weighted by molar-refractivity contribution is 0.267. The Bertz CT molecular complexity index is 947. The number of hydrogen-bond donors (Lipinski definition) is 1. The lowest BCUT2D eigenvalue weighted by Gasteiger charge is -2.14. The number of hydrogen-bond acceptors (Lipinski definition) is 4. The van der Waals surface area contributed by atoms with Gasteiger partial charge in [-0.15, -0.1) is 0 Å². The molecule has 0 aliphatic rings. The first-order valence-electron chi connectivity index (χ1n) is 9.29. The van der Waals surface area contributed by atoms with Crippen LogP contribution in [0.15, 0.2) is 76.3 Å². The van der Waals surface area contributed by atoms with E-state index in [0.717, 1.165) is 26.2 Å². The highest BCUT2D eigenvalue weighted by Crippen LogP contribution is 2.37. The van der Waals surface area contributed by atoms with Gasteiger partial charge >= 0.3 is 0 Å². The van der Waals surface area contributed by atoms with Crippen molar-refractivity contribution >= 4 is 33.7 Å². The molecule has 0 saturated carbocycles. The summed E-state index contributed by atoms with van der Waals surface area (Å²) in [4.78, 5) is 0. The van der Waals surface area contributed by atoms with E-state index in [0.29, 0.717) is 31.3 Å². The highest BCUT2D eigenvalue weighted by atomic mass is 79.9. The van der Waals surface area contributed by atoms with E-state index < -0.39 is 0 Å². The van der Waals surface area contributed by atoms with Crippen LogP contribution in [-0.2, 0) is 13.2 Å².